The van der Waals surface area contributed by atoms with Crippen molar-refractivity contribution >= 4 is 5.97 Å². The molecule has 0 bridgehead atoms. The lowest BCUT2D eigenvalue weighted by molar-refractivity contribution is -0.142. The average molecular weight is 272 g/mol. The Hall–Kier alpha value is -0.650. The number of hydrogen-bond acceptors (Lipinski definition) is 5. The third-order valence-electron chi connectivity index (χ3n) is 3.34. The van der Waals surface area contributed by atoms with E-state index >= 15 is 0 Å². The number of rotatable bonds is 7. The van der Waals surface area contributed by atoms with Gasteiger partial charge in [0.05, 0.1) is 26.4 Å². The van der Waals surface area contributed by atoms with Crippen molar-refractivity contribution in [1.29, 1.82) is 0 Å². The van der Waals surface area contributed by atoms with Gasteiger partial charge in [-0.3, -0.25) is 14.6 Å². The summed E-state index contributed by atoms with van der Waals surface area (Å²) in [4.78, 5) is 15.8. The van der Waals surface area contributed by atoms with E-state index in [4.69, 9.17) is 9.47 Å². The van der Waals surface area contributed by atoms with E-state index in [1.807, 2.05) is 0 Å². The molecule has 0 aromatic heterocycles. The molecule has 5 nitrogen and oxygen atoms in total. The van der Waals surface area contributed by atoms with Crippen molar-refractivity contribution in [1.82, 2.24) is 9.80 Å². The van der Waals surface area contributed by atoms with Gasteiger partial charge in [-0.15, -0.1) is 0 Å². The van der Waals surface area contributed by atoms with Crippen molar-refractivity contribution in [2.75, 3.05) is 53.0 Å². The third kappa shape index (κ3) is 6.36. The van der Waals surface area contributed by atoms with E-state index < -0.39 is 0 Å². The summed E-state index contributed by atoms with van der Waals surface area (Å²) in [6.45, 7) is 12.4. The molecule has 0 aromatic rings. The first-order valence-electron chi connectivity index (χ1n) is 7.18. The second-order valence-electron chi connectivity index (χ2n) is 5.55. The Morgan fingerprint density at radius 3 is 2.84 bits per heavy atom. The van der Waals surface area contributed by atoms with Crippen molar-refractivity contribution in [2.45, 2.75) is 26.9 Å². The van der Waals surface area contributed by atoms with Gasteiger partial charge in [-0.05, 0) is 12.5 Å². The highest BCUT2D eigenvalue weighted by Gasteiger charge is 2.23. The van der Waals surface area contributed by atoms with E-state index in [0.29, 0.717) is 12.5 Å². The van der Waals surface area contributed by atoms with Crippen molar-refractivity contribution in [3.63, 3.8) is 0 Å². The highest BCUT2D eigenvalue weighted by atomic mass is 16.5. The summed E-state index contributed by atoms with van der Waals surface area (Å²) in [5.41, 5.74) is 0. The van der Waals surface area contributed by atoms with Crippen molar-refractivity contribution in [3.05, 3.63) is 0 Å². The summed E-state index contributed by atoms with van der Waals surface area (Å²) >= 11 is 0. The molecule has 19 heavy (non-hydrogen) atoms. The summed E-state index contributed by atoms with van der Waals surface area (Å²) in [5, 5.41) is 0. The summed E-state index contributed by atoms with van der Waals surface area (Å²) in [7, 11) is 1.43. The van der Waals surface area contributed by atoms with Gasteiger partial charge in [-0.25, -0.2) is 0 Å². The van der Waals surface area contributed by atoms with Gasteiger partial charge in [-0.2, -0.15) is 0 Å². The van der Waals surface area contributed by atoms with Crippen LogP contribution >= 0.6 is 0 Å². The first-order valence-corrected chi connectivity index (χ1v) is 7.18. The standard InChI is InChI=1S/C14H28N2O3/c1-5-15(11-14(17)18-4)9-13-10-16(6-7-19-13)8-12(2)3/h12-13H,5-11H2,1-4H3. The molecule has 1 rings (SSSR count). The summed E-state index contributed by atoms with van der Waals surface area (Å²) in [6.07, 6.45) is 0.192. The molecule has 0 amide bonds. The fourth-order valence-electron chi connectivity index (χ4n) is 2.41. The molecule has 5 heteroatoms. The van der Waals surface area contributed by atoms with Crippen LogP contribution in [0.15, 0.2) is 0 Å². The quantitative estimate of drug-likeness (QED) is 0.642. The molecule has 1 heterocycles. The maximum absolute atomic E-state index is 11.3. The maximum Gasteiger partial charge on any atom is 0.319 e. The number of methoxy groups -OCH3 is 1. The fraction of sp³-hybridized carbons (Fsp3) is 0.929. The third-order valence-corrected chi connectivity index (χ3v) is 3.34. The number of nitrogens with zero attached hydrogens (tertiary/aromatic N) is 2. The molecule has 0 spiro atoms. The van der Waals surface area contributed by atoms with E-state index in [-0.39, 0.29) is 12.1 Å². The van der Waals surface area contributed by atoms with Crippen LogP contribution in [0.3, 0.4) is 0 Å². The van der Waals surface area contributed by atoms with E-state index in [2.05, 4.69) is 30.6 Å². The van der Waals surface area contributed by atoms with Crippen LogP contribution < -0.4 is 0 Å². The van der Waals surface area contributed by atoms with E-state index in [1.165, 1.54) is 7.11 Å². The molecule has 0 radical (unpaired) electrons. The summed E-state index contributed by atoms with van der Waals surface area (Å²) < 4.78 is 10.5. The van der Waals surface area contributed by atoms with Gasteiger partial charge in [0, 0.05) is 26.2 Å². The minimum absolute atomic E-state index is 0.184. The smallest absolute Gasteiger partial charge is 0.319 e. The predicted molar refractivity (Wildman–Crippen MR) is 75.1 cm³/mol. The number of hydrogen-bond donors (Lipinski definition) is 0. The number of esters is 1. The number of ether oxygens (including phenoxy) is 2. The number of carbonyl (C=O) groups is 1. The Balaban J connectivity index is 2.39. The Labute approximate surface area is 116 Å². The monoisotopic (exact) mass is 272 g/mol. The SMILES string of the molecule is CCN(CC(=O)OC)CC1CN(CC(C)C)CCO1. The van der Waals surface area contributed by atoms with Gasteiger partial charge >= 0.3 is 5.97 Å². The lowest BCUT2D eigenvalue weighted by Gasteiger charge is -2.36. The number of morpholine rings is 1. The summed E-state index contributed by atoms with van der Waals surface area (Å²) in [5.74, 6) is 0.493. The second-order valence-corrected chi connectivity index (χ2v) is 5.55. The highest BCUT2D eigenvalue weighted by Crippen LogP contribution is 2.09. The molecule has 1 aliphatic heterocycles. The lowest BCUT2D eigenvalue weighted by Crippen LogP contribution is -2.49. The molecule has 1 aliphatic rings. The van der Waals surface area contributed by atoms with E-state index in [1.54, 1.807) is 0 Å². The Morgan fingerprint density at radius 1 is 1.53 bits per heavy atom. The zero-order valence-electron chi connectivity index (χ0n) is 12.7. The number of carbonyl (C=O) groups excluding carboxylic acids is 1. The van der Waals surface area contributed by atoms with E-state index in [0.717, 1.165) is 39.3 Å². The van der Waals surface area contributed by atoms with Crippen LogP contribution in [0.1, 0.15) is 20.8 Å². The summed E-state index contributed by atoms with van der Waals surface area (Å²) in [6, 6.07) is 0. The Kier molecular flexibility index (Phi) is 7.34. The van der Waals surface area contributed by atoms with Crippen LogP contribution in [0.5, 0.6) is 0 Å². The number of likely N-dealkylation sites (N-methyl/N-ethyl adjacent to an activating group) is 1. The van der Waals surface area contributed by atoms with Crippen LogP contribution in [0, 0.1) is 5.92 Å². The largest absolute Gasteiger partial charge is 0.468 e. The molecule has 1 fully saturated rings. The van der Waals surface area contributed by atoms with Gasteiger partial charge in [0.25, 0.3) is 0 Å². The van der Waals surface area contributed by atoms with Gasteiger partial charge in [0.15, 0.2) is 0 Å². The van der Waals surface area contributed by atoms with Crippen LogP contribution in [-0.2, 0) is 14.3 Å². The average Bonchev–Trinajstić information content (AvgIpc) is 2.37. The molecular weight excluding hydrogens is 244 g/mol. The molecule has 0 N–H and O–H groups in total. The predicted octanol–water partition coefficient (Wildman–Crippen LogP) is 0.838. The lowest BCUT2D eigenvalue weighted by atomic mass is 10.1. The normalized spacial score (nSPS) is 21.1. The van der Waals surface area contributed by atoms with Gasteiger partial charge in [0.1, 0.15) is 0 Å². The first-order chi connectivity index (χ1) is 9.05. The van der Waals surface area contributed by atoms with Crippen LogP contribution in [0.4, 0.5) is 0 Å². The molecule has 1 atom stereocenters. The molecule has 1 saturated heterocycles. The van der Waals surface area contributed by atoms with E-state index in [9.17, 15) is 4.79 Å². The van der Waals surface area contributed by atoms with Crippen molar-refractivity contribution in [2.24, 2.45) is 5.92 Å². The Bertz CT molecular complexity index is 271. The first kappa shape index (κ1) is 16.4. The van der Waals surface area contributed by atoms with Crippen LogP contribution in [-0.4, -0.2) is 74.9 Å². The Morgan fingerprint density at radius 2 is 2.26 bits per heavy atom. The van der Waals surface area contributed by atoms with Gasteiger partial charge in [0.2, 0.25) is 0 Å². The minimum Gasteiger partial charge on any atom is -0.468 e. The maximum atomic E-state index is 11.3. The zero-order valence-corrected chi connectivity index (χ0v) is 12.7. The van der Waals surface area contributed by atoms with Crippen LogP contribution in [0.25, 0.3) is 0 Å². The topological polar surface area (TPSA) is 42.0 Å². The fourth-order valence-corrected chi connectivity index (χ4v) is 2.41. The van der Waals surface area contributed by atoms with Crippen LogP contribution in [0.2, 0.25) is 0 Å². The zero-order chi connectivity index (χ0) is 14.3. The van der Waals surface area contributed by atoms with Gasteiger partial charge in [-0.1, -0.05) is 20.8 Å². The molecule has 1 unspecified atom stereocenters. The molecular formula is C14H28N2O3. The molecule has 0 saturated carbocycles. The highest BCUT2D eigenvalue weighted by molar-refractivity contribution is 5.71. The molecule has 0 aliphatic carbocycles. The van der Waals surface area contributed by atoms with Crippen molar-refractivity contribution in [3.8, 4) is 0 Å². The van der Waals surface area contributed by atoms with Gasteiger partial charge < -0.3 is 9.47 Å². The minimum atomic E-state index is -0.184. The van der Waals surface area contributed by atoms with Crippen molar-refractivity contribution < 1.29 is 14.3 Å². The molecule has 0 aromatic carbocycles. The molecule has 112 valence electrons. The second kappa shape index (κ2) is 8.51.